The third kappa shape index (κ3) is 3.86. The summed E-state index contributed by atoms with van der Waals surface area (Å²) in [6.07, 6.45) is 0.907. The first-order valence-electron chi connectivity index (χ1n) is 9.57. The Morgan fingerprint density at radius 1 is 1.04 bits per heavy atom. The second-order valence-electron chi connectivity index (χ2n) is 9.83. The van der Waals surface area contributed by atoms with Gasteiger partial charge in [0, 0.05) is 5.92 Å². The van der Waals surface area contributed by atoms with Crippen molar-refractivity contribution < 1.29 is 18.5 Å². The van der Waals surface area contributed by atoms with Gasteiger partial charge in [-0.2, -0.15) is 0 Å². The zero-order valence-electron chi connectivity index (χ0n) is 18.3. The molecule has 2 fully saturated rings. The van der Waals surface area contributed by atoms with E-state index in [1.54, 1.807) is 0 Å². The topological polar surface area (TPSA) is 51.2 Å². The van der Waals surface area contributed by atoms with Crippen molar-refractivity contribution in [1.29, 1.82) is 0 Å². The monoisotopic (exact) mass is 406 g/mol. The van der Waals surface area contributed by atoms with Crippen LogP contribution in [0.15, 0.2) is 0 Å². The zero-order chi connectivity index (χ0) is 20.1. The van der Waals surface area contributed by atoms with Crippen LogP contribution in [0.2, 0.25) is 19.6 Å². The lowest BCUT2D eigenvalue weighted by atomic mass is 9.52. The maximum absolute atomic E-state index is 14.1. The molecule has 1 saturated heterocycles. The molecule has 1 heterocycles. The molecule has 0 aromatic carbocycles. The third-order valence-electron chi connectivity index (χ3n) is 6.13. The highest BCUT2D eigenvalue weighted by molar-refractivity contribution is 7.59. The minimum Gasteiger partial charge on any atom is -0.405 e. The lowest BCUT2D eigenvalue weighted by Crippen LogP contribution is -2.61. The molecule has 0 bridgehead atoms. The number of hydrogen-bond donors (Lipinski definition) is 0. The Morgan fingerprint density at radius 2 is 1.50 bits per heavy atom. The van der Waals surface area contributed by atoms with Gasteiger partial charge in [-0.05, 0) is 72.5 Å². The van der Waals surface area contributed by atoms with Crippen LogP contribution in [0.5, 0.6) is 0 Å². The SMILES string of the molecule is CN(C)P(=O)(C(O[Si](C)(C)C)[C@H]1C[C@@H](C2(C)OCCO2)C1(C)C)N(C)C. The molecule has 26 heavy (non-hydrogen) atoms. The lowest BCUT2D eigenvalue weighted by Gasteiger charge is -2.60. The summed E-state index contributed by atoms with van der Waals surface area (Å²) in [7, 11) is 2.85. The molecule has 1 saturated carbocycles. The summed E-state index contributed by atoms with van der Waals surface area (Å²) >= 11 is 0. The van der Waals surface area contributed by atoms with E-state index in [2.05, 4.69) is 40.4 Å². The van der Waals surface area contributed by atoms with E-state index < -0.39 is 21.5 Å². The average molecular weight is 407 g/mol. The summed E-state index contributed by atoms with van der Waals surface area (Å²) in [6.45, 7) is 14.4. The molecular formula is C18H39N2O4PSi. The van der Waals surface area contributed by atoms with Crippen LogP contribution < -0.4 is 0 Å². The van der Waals surface area contributed by atoms with Crippen molar-refractivity contribution >= 4 is 15.8 Å². The molecule has 6 nitrogen and oxygen atoms in total. The maximum atomic E-state index is 14.1. The van der Waals surface area contributed by atoms with Gasteiger partial charge in [-0.15, -0.1) is 0 Å². The molecule has 0 amide bonds. The standard InChI is InChI=1S/C18H39N2O4PSi/c1-17(2)14(13-15(17)18(3)22-11-12-23-18)16(24-26(8,9)10)25(21,19(4)5)20(6)7/h14-16H,11-13H2,1-10H3/t14-,15-,16?/m1/s1. The first-order chi connectivity index (χ1) is 11.7. The van der Waals surface area contributed by atoms with E-state index in [1.807, 2.05) is 37.5 Å². The summed E-state index contributed by atoms with van der Waals surface area (Å²) in [5, 5.41) is 0. The van der Waals surface area contributed by atoms with Gasteiger partial charge >= 0.3 is 0 Å². The van der Waals surface area contributed by atoms with Crippen LogP contribution in [0.4, 0.5) is 0 Å². The van der Waals surface area contributed by atoms with Crippen LogP contribution in [-0.4, -0.2) is 70.7 Å². The second kappa shape index (κ2) is 7.25. The van der Waals surface area contributed by atoms with Crippen molar-refractivity contribution in [3.8, 4) is 0 Å². The number of rotatable bonds is 7. The molecule has 0 aromatic heterocycles. The van der Waals surface area contributed by atoms with Crippen molar-refractivity contribution in [2.75, 3.05) is 41.4 Å². The molecule has 0 N–H and O–H groups in total. The van der Waals surface area contributed by atoms with Crippen molar-refractivity contribution in [2.24, 2.45) is 17.3 Å². The Labute approximate surface area is 161 Å². The van der Waals surface area contributed by atoms with E-state index in [4.69, 9.17) is 13.9 Å². The Bertz CT molecular complexity index is 544. The largest absolute Gasteiger partial charge is 0.405 e. The molecule has 8 heteroatoms. The summed E-state index contributed by atoms with van der Waals surface area (Å²) in [5.74, 6) is -0.382. The van der Waals surface area contributed by atoms with E-state index >= 15 is 0 Å². The summed E-state index contributed by atoms with van der Waals surface area (Å²) in [4.78, 5) is 0. The quantitative estimate of drug-likeness (QED) is 0.472. The highest BCUT2D eigenvalue weighted by atomic mass is 31.2. The molecule has 154 valence electrons. The normalized spacial score (nSPS) is 29.8. The van der Waals surface area contributed by atoms with E-state index in [9.17, 15) is 4.57 Å². The van der Waals surface area contributed by atoms with E-state index in [0.717, 1.165) is 6.42 Å². The minimum absolute atomic E-state index is 0.0783. The Hall–Kier alpha value is 0.247. The highest BCUT2D eigenvalue weighted by Crippen LogP contribution is 2.68. The van der Waals surface area contributed by atoms with Gasteiger partial charge in [0.2, 0.25) is 7.44 Å². The van der Waals surface area contributed by atoms with Gasteiger partial charge in [0.25, 0.3) is 0 Å². The van der Waals surface area contributed by atoms with Gasteiger partial charge < -0.3 is 13.9 Å². The fourth-order valence-corrected chi connectivity index (χ4v) is 9.61. The smallest absolute Gasteiger partial charge is 0.242 e. The van der Waals surface area contributed by atoms with Gasteiger partial charge in [-0.25, -0.2) is 9.34 Å². The van der Waals surface area contributed by atoms with Crippen LogP contribution in [0.1, 0.15) is 27.2 Å². The number of ether oxygens (including phenoxy) is 2. The van der Waals surface area contributed by atoms with E-state index in [0.29, 0.717) is 13.2 Å². The molecule has 1 unspecified atom stereocenters. The van der Waals surface area contributed by atoms with E-state index in [-0.39, 0.29) is 23.1 Å². The van der Waals surface area contributed by atoms with Crippen molar-refractivity contribution in [1.82, 2.24) is 9.34 Å². The third-order valence-corrected chi connectivity index (χ3v) is 10.7. The van der Waals surface area contributed by atoms with Crippen LogP contribution in [-0.2, 0) is 18.5 Å². The Morgan fingerprint density at radius 3 is 1.85 bits per heavy atom. The number of hydrogen-bond acceptors (Lipinski definition) is 4. The average Bonchev–Trinajstić information content (AvgIpc) is 2.89. The molecule has 0 spiro atoms. The summed E-state index contributed by atoms with van der Waals surface area (Å²) in [5.41, 5.74) is -0.0783. The van der Waals surface area contributed by atoms with E-state index in [1.165, 1.54) is 0 Å². The summed E-state index contributed by atoms with van der Waals surface area (Å²) < 4.78 is 36.4. The van der Waals surface area contributed by atoms with Crippen molar-refractivity contribution in [2.45, 2.75) is 58.5 Å². The molecule has 1 aliphatic heterocycles. The zero-order valence-corrected chi connectivity index (χ0v) is 20.2. The Balaban J connectivity index is 2.37. The van der Waals surface area contributed by atoms with Crippen LogP contribution in [0.25, 0.3) is 0 Å². The van der Waals surface area contributed by atoms with Gasteiger partial charge in [-0.1, -0.05) is 13.8 Å². The van der Waals surface area contributed by atoms with Gasteiger partial charge in [0.1, 0.15) is 5.85 Å². The van der Waals surface area contributed by atoms with Gasteiger partial charge in [0.05, 0.1) is 13.2 Å². The lowest BCUT2D eigenvalue weighted by molar-refractivity contribution is -0.258. The molecule has 2 aliphatic rings. The highest BCUT2D eigenvalue weighted by Gasteiger charge is 2.64. The molecule has 3 atom stereocenters. The Kier molecular flexibility index (Phi) is 6.28. The predicted molar refractivity (Wildman–Crippen MR) is 109 cm³/mol. The summed E-state index contributed by atoms with van der Waals surface area (Å²) in [6, 6.07) is 0. The fraction of sp³-hybridized carbons (Fsp3) is 1.00. The van der Waals surface area contributed by atoms with Crippen LogP contribution in [0, 0.1) is 17.3 Å². The minimum atomic E-state index is -2.85. The van der Waals surface area contributed by atoms with Gasteiger partial charge in [-0.3, -0.25) is 4.57 Å². The van der Waals surface area contributed by atoms with Crippen molar-refractivity contribution in [3.63, 3.8) is 0 Å². The first kappa shape index (κ1) is 22.5. The molecule has 0 radical (unpaired) electrons. The van der Waals surface area contributed by atoms with Crippen molar-refractivity contribution in [3.05, 3.63) is 0 Å². The molecule has 2 rings (SSSR count). The van der Waals surface area contributed by atoms with Crippen LogP contribution in [0.3, 0.4) is 0 Å². The fourth-order valence-electron chi connectivity index (χ4n) is 4.62. The first-order valence-corrected chi connectivity index (χ1v) is 14.7. The number of nitrogens with zero attached hydrogens (tertiary/aromatic N) is 2. The molecular weight excluding hydrogens is 367 g/mol. The van der Waals surface area contributed by atoms with Crippen LogP contribution >= 0.6 is 7.44 Å². The molecule has 1 aliphatic carbocycles. The maximum Gasteiger partial charge on any atom is 0.242 e. The molecule has 0 aromatic rings. The van der Waals surface area contributed by atoms with Gasteiger partial charge in [0.15, 0.2) is 14.1 Å². The predicted octanol–water partition coefficient (Wildman–Crippen LogP) is 3.91. The second-order valence-corrected chi connectivity index (χ2v) is 17.6.